The van der Waals surface area contributed by atoms with Gasteiger partial charge in [0.15, 0.2) is 0 Å². The average molecular weight is 284 g/mol. The monoisotopic (exact) mass is 284 g/mol. The van der Waals surface area contributed by atoms with E-state index in [2.05, 4.69) is 0 Å². The zero-order chi connectivity index (χ0) is 14.8. The van der Waals surface area contributed by atoms with Crippen molar-refractivity contribution in [1.82, 2.24) is 9.80 Å². The Morgan fingerprint density at radius 2 is 2.30 bits per heavy atom. The summed E-state index contributed by atoms with van der Waals surface area (Å²) >= 11 is 0. The third kappa shape index (κ3) is 3.49. The molecule has 0 spiro atoms. The molecule has 0 radical (unpaired) electrons. The van der Waals surface area contributed by atoms with Gasteiger partial charge in [0.05, 0.1) is 18.1 Å². The highest BCUT2D eigenvalue weighted by Gasteiger charge is 2.39. The topological polar surface area (TPSA) is 70.1 Å². The minimum absolute atomic E-state index is 0.00163. The molecule has 114 valence electrons. The van der Waals surface area contributed by atoms with E-state index in [0.717, 1.165) is 12.8 Å². The van der Waals surface area contributed by atoms with Gasteiger partial charge in [0, 0.05) is 39.7 Å². The summed E-state index contributed by atoms with van der Waals surface area (Å²) in [6.07, 6.45) is 1.81. The first-order valence-electron chi connectivity index (χ1n) is 7.21. The lowest BCUT2D eigenvalue weighted by atomic mass is 9.94. The summed E-state index contributed by atoms with van der Waals surface area (Å²) in [5.74, 6) is -0.254. The highest BCUT2D eigenvalue weighted by atomic mass is 16.5. The van der Waals surface area contributed by atoms with Crippen molar-refractivity contribution in [3.05, 3.63) is 0 Å². The maximum atomic E-state index is 12.5. The molecule has 2 rings (SSSR count). The van der Waals surface area contributed by atoms with E-state index < -0.39 is 5.60 Å². The number of carbonyl (C=O) groups is 2. The van der Waals surface area contributed by atoms with Crippen LogP contribution in [0.15, 0.2) is 0 Å². The Morgan fingerprint density at radius 3 is 2.95 bits per heavy atom. The first kappa shape index (κ1) is 15.3. The number of likely N-dealkylation sites (tertiary alicyclic amines) is 2. The van der Waals surface area contributed by atoms with Crippen LogP contribution in [0.1, 0.15) is 26.2 Å². The zero-order valence-corrected chi connectivity index (χ0v) is 12.3. The number of amides is 2. The molecule has 0 aromatic carbocycles. The Balaban J connectivity index is 1.92. The van der Waals surface area contributed by atoms with Crippen LogP contribution in [0.3, 0.4) is 0 Å². The van der Waals surface area contributed by atoms with Crippen LogP contribution in [-0.2, 0) is 14.3 Å². The molecule has 2 amide bonds. The molecule has 0 aliphatic carbocycles. The SMILES string of the molecule is COCCN1CC(C(=O)N2CCCC(C)(O)C2)CC1=O. The predicted molar refractivity (Wildman–Crippen MR) is 73.0 cm³/mol. The van der Waals surface area contributed by atoms with Gasteiger partial charge in [-0.1, -0.05) is 0 Å². The first-order chi connectivity index (χ1) is 9.43. The summed E-state index contributed by atoms with van der Waals surface area (Å²) in [7, 11) is 1.60. The minimum Gasteiger partial charge on any atom is -0.388 e. The van der Waals surface area contributed by atoms with Crippen LogP contribution in [0.2, 0.25) is 0 Å². The fourth-order valence-electron chi connectivity index (χ4n) is 3.02. The van der Waals surface area contributed by atoms with E-state index in [9.17, 15) is 14.7 Å². The molecule has 0 aromatic heterocycles. The number of β-amino-alcohol motifs (C(OH)–C–C–N with tert-alkyl or cyclic N) is 1. The van der Waals surface area contributed by atoms with Gasteiger partial charge in [0.1, 0.15) is 0 Å². The maximum absolute atomic E-state index is 12.5. The molecule has 0 aromatic rings. The molecule has 2 fully saturated rings. The number of piperidine rings is 1. The molecule has 6 heteroatoms. The average Bonchev–Trinajstić information content (AvgIpc) is 2.75. The highest BCUT2D eigenvalue weighted by Crippen LogP contribution is 2.25. The van der Waals surface area contributed by atoms with Crippen LogP contribution in [0.4, 0.5) is 0 Å². The van der Waals surface area contributed by atoms with Gasteiger partial charge in [-0.3, -0.25) is 9.59 Å². The van der Waals surface area contributed by atoms with Crippen molar-refractivity contribution in [3.8, 4) is 0 Å². The van der Waals surface area contributed by atoms with Crippen molar-refractivity contribution >= 4 is 11.8 Å². The molecule has 20 heavy (non-hydrogen) atoms. The van der Waals surface area contributed by atoms with Crippen LogP contribution in [-0.4, -0.2) is 72.2 Å². The second-order valence-corrected chi connectivity index (χ2v) is 6.09. The van der Waals surface area contributed by atoms with Crippen LogP contribution < -0.4 is 0 Å². The number of aliphatic hydroxyl groups is 1. The van der Waals surface area contributed by atoms with E-state index in [-0.39, 0.29) is 24.2 Å². The quantitative estimate of drug-likeness (QED) is 0.780. The minimum atomic E-state index is -0.799. The van der Waals surface area contributed by atoms with Crippen molar-refractivity contribution in [2.75, 3.05) is 39.9 Å². The Kier molecular flexibility index (Phi) is 4.65. The molecule has 2 saturated heterocycles. The summed E-state index contributed by atoms with van der Waals surface area (Å²) < 4.78 is 4.97. The number of methoxy groups -OCH3 is 1. The fourth-order valence-corrected chi connectivity index (χ4v) is 3.02. The van der Waals surface area contributed by atoms with Gasteiger partial charge in [-0.05, 0) is 19.8 Å². The van der Waals surface area contributed by atoms with E-state index in [4.69, 9.17) is 4.74 Å². The molecule has 0 saturated carbocycles. The Bertz CT molecular complexity index is 383. The maximum Gasteiger partial charge on any atom is 0.228 e. The van der Waals surface area contributed by atoms with Crippen LogP contribution in [0, 0.1) is 5.92 Å². The summed E-state index contributed by atoms with van der Waals surface area (Å²) in [4.78, 5) is 27.7. The molecular formula is C14H24N2O4. The molecule has 2 heterocycles. The lowest BCUT2D eigenvalue weighted by molar-refractivity contribution is -0.141. The second kappa shape index (κ2) is 6.10. The molecule has 1 N–H and O–H groups in total. The summed E-state index contributed by atoms with van der Waals surface area (Å²) in [5, 5.41) is 10.1. The Morgan fingerprint density at radius 1 is 1.55 bits per heavy atom. The number of rotatable bonds is 4. The third-order valence-electron chi connectivity index (χ3n) is 4.12. The number of hydrogen-bond donors (Lipinski definition) is 1. The van der Waals surface area contributed by atoms with Gasteiger partial charge in [-0.15, -0.1) is 0 Å². The highest BCUT2D eigenvalue weighted by molar-refractivity contribution is 5.89. The van der Waals surface area contributed by atoms with E-state index in [1.54, 1.807) is 23.8 Å². The molecule has 2 aliphatic rings. The lowest BCUT2D eigenvalue weighted by Gasteiger charge is -2.37. The van der Waals surface area contributed by atoms with Gasteiger partial charge in [-0.2, -0.15) is 0 Å². The van der Waals surface area contributed by atoms with E-state index >= 15 is 0 Å². The lowest BCUT2D eigenvalue weighted by Crippen LogP contribution is -2.50. The summed E-state index contributed by atoms with van der Waals surface area (Å²) in [6.45, 7) is 4.31. The van der Waals surface area contributed by atoms with Crippen LogP contribution >= 0.6 is 0 Å². The van der Waals surface area contributed by atoms with Crippen molar-refractivity contribution in [1.29, 1.82) is 0 Å². The number of carbonyl (C=O) groups excluding carboxylic acids is 2. The molecule has 0 bridgehead atoms. The number of nitrogens with zero attached hydrogens (tertiary/aromatic N) is 2. The number of ether oxygens (including phenoxy) is 1. The van der Waals surface area contributed by atoms with Crippen molar-refractivity contribution in [2.45, 2.75) is 31.8 Å². The standard InChI is InChI=1S/C14H24N2O4/c1-14(19)4-3-5-16(10-14)13(18)11-8-12(17)15(9-11)6-7-20-2/h11,19H,3-10H2,1-2H3. The Labute approximate surface area is 119 Å². The van der Waals surface area contributed by atoms with E-state index in [1.165, 1.54) is 0 Å². The largest absolute Gasteiger partial charge is 0.388 e. The summed E-state index contributed by atoms with van der Waals surface area (Å²) in [5.41, 5.74) is -0.799. The molecule has 2 unspecified atom stereocenters. The van der Waals surface area contributed by atoms with Crippen LogP contribution in [0.5, 0.6) is 0 Å². The fraction of sp³-hybridized carbons (Fsp3) is 0.857. The van der Waals surface area contributed by atoms with Gasteiger partial charge >= 0.3 is 0 Å². The molecule has 2 aliphatic heterocycles. The second-order valence-electron chi connectivity index (χ2n) is 6.09. The van der Waals surface area contributed by atoms with Gasteiger partial charge in [0.25, 0.3) is 0 Å². The van der Waals surface area contributed by atoms with Crippen molar-refractivity contribution < 1.29 is 19.4 Å². The zero-order valence-electron chi connectivity index (χ0n) is 12.3. The van der Waals surface area contributed by atoms with E-state index in [0.29, 0.717) is 32.8 Å². The van der Waals surface area contributed by atoms with Gasteiger partial charge in [0.2, 0.25) is 11.8 Å². The molecular weight excluding hydrogens is 260 g/mol. The van der Waals surface area contributed by atoms with Gasteiger partial charge in [-0.25, -0.2) is 0 Å². The Hall–Kier alpha value is -1.14. The molecule has 2 atom stereocenters. The summed E-state index contributed by atoms with van der Waals surface area (Å²) in [6, 6.07) is 0. The van der Waals surface area contributed by atoms with Crippen molar-refractivity contribution in [2.24, 2.45) is 5.92 Å². The number of hydrogen-bond acceptors (Lipinski definition) is 4. The predicted octanol–water partition coefficient (Wildman–Crippen LogP) is -0.145. The van der Waals surface area contributed by atoms with Crippen LogP contribution in [0.25, 0.3) is 0 Å². The normalized spacial score (nSPS) is 30.9. The van der Waals surface area contributed by atoms with Crippen molar-refractivity contribution in [3.63, 3.8) is 0 Å². The van der Waals surface area contributed by atoms with E-state index in [1.807, 2.05) is 0 Å². The third-order valence-corrected chi connectivity index (χ3v) is 4.12. The molecule has 6 nitrogen and oxygen atoms in total. The smallest absolute Gasteiger partial charge is 0.228 e. The first-order valence-corrected chi connectivity index (χ1v) is 7.21. The van der Waals surface area contributed by atoms with Gasteiger partial charge < -0.3 is 19.6 Å².